The van der Waals surface area contributed by atoms with Crippen molar-refractivity contribution in [3.05, 3.63) is 36.6 Å². The summed E-state index contributed by atoms with van der Waals surface area (Å²) in [4.78, 5) is 2.31. The van der Waals surface area contributed by atoms with Crippen LogP contribution in [0.5, 0.6) is 0 Å². The Hall–Kier alpha value is -0.980. The third-order valence-electron chi connectivity index (χ3n) is 2.93. The summed E-state index contributed by atoms with van der Waals surface area (Å²) in [6, 6.07) is 0.789. The van der Waals surface area contributed by atoms with E-state index in [2.05, 4.69) is 32.0 Å². The highest BCUT2D eigenvalue weighted by Crippen LogP contribution is 2.23. The zero-order valence-electron chi connectivity index (χ0n) is 11.4. The first kappa shape index (κ1) is 15.0. The monoisotopic (exact) mass is 221 g/mol. The Kier molecular flexibility index (Phi) is 7.70. The highest BCUT2D eigenvalue weighted by molar-refractivity contribution is 5.09. The SMILES string of the molecule is C=C(C)/C=C\C.C=C(C)N(C)C1CCCC1. The summed E-state index contributed by atoms with van der Waals surface area (Å²) >= 11 is 0. The summed E-state index contributed by atoms with van der Waals surface area (Å²) in [6.45, 7) is 13.6. The maximum absolute atomic E-state index is 3.93. The lowest BCUT2D eigenvalue weighted by Gasteiger charge is -2.26. The first-order valence-electron chi connectivity index (χ1n) is 6.15. The van der Waals surface area contributed by atoms with E-state index in [-0.39, 0.29) is 0 Å². The molecule has 1 aliphatic carbocycles. The third-order valence-corrected chi connectivity index (χ3v) is 2.93. The van der Waals surface area contributed by atoms with Gasteiger partial charge in [0.2, 0.25) is 0 Å². The van der Waals surface area contributed by atoms with Crippen molar-refractivity contribution in [2.24, 2.45) is 0 Å². The molecule has 0 saturated heterocycles. The highest BCUT2D eigenvalue weighted by atomic mass is 15.1. The first-order chi connectivity index (χ1) is 7.49. The van der Waals surface area contributed by atoms with Crippen LogP contribution in [0.3, 0.4) is 0 Å². The summed E-state index contributed by atoms with van der Waals surface area (Å²) < 4.78 is 0. The molecule has 1 aliphatic rings. The molecule has 16 heavy (non-hydrogen) atoms. The molecular weight excluding hydrogens is 194 g/mol. The maximum Gasteiger partial charge on any atom is 0.0283 e. The summed E-state index contributed by atoms with van der Waals surface area (Å²) in [6.07, 6.45) is 9.49. The van der Waals surface area contributed by atoms with Crippen molar-refractivity contribution in [2.45, 2.75) is 52.5 Å². The second-order valence-corrected chi connectivity index (χ2v) is 4.63. The minimum atomic E-state index is 0.789. The Labute approximate surface area is 102 Å². The fourth-order valence-electron chi connectivity index (χ4n) is 1.89. The van der Waals surface area contributed by atoms with Crippen LogP contribution in [0.1, 0.15) is 46.5 Å². The lowest BCUT2D eigenvalue weighted by molar-refractivity contribution is 0.310. The quantitative estimate of drug-likeness (QED) is 0.633. The number of rotatable bonds is 3. The van der Waals surface area contributed by atoms with Crippen LogP contribution in [0.4, 0.5) is 0 Å². The van der Waals surface area contributed by atoms with Gasteiger partial charge in [0, 0.05) is 18.8 Å². The van der Waals surface area contributed by atoms with Gasteiger partial charge in [0.15, 0.2) is 0 Å². The predicted molar refractivity (Wildman–Crippen MR) is 74.5 cm³/mol. The summed E-state index contributed by atoms with van der Waals surface area (Å²) in [5, 5.41) is 0. The average Bonchev–Trinajstić information content (AvgIpc) is 2.69. The molecular formula is C15H27N. The summed E-state index contributed by atoms with van der Waals surface area (Å²) in [5.41, 5.74) is 2.31. The molecule has 0 heterocycles. The Morgan fingerprint density at radius 1 is 1.19 bits per heavy atom. The second-order valence-electron chi connectivity index (χ2n) is 4.63. The van der Waals surface area contributed by atoms with Gasteiger partial charge in [0.25, 0.3) is 0 Å². The van der Waals surface area contributed by atoms with Crippen LogP contribution < -0.4 is 0 Å². The van der Waals surface area contributed by atoms with Crippen molar-refractivity contribution in [2.75, 3.05) is 7.05 Å². The first-order valence-corrected chi connectivity index (χ1v) is 6.15. The Bertz CT molecular complexity index is 244. The number of hydrogen-bond donors (Lipinski definition) is 0. The Balaban J connectivity index is 0.000000325. The van der Waals surface area contributed by atoms with Crippen LogP contribution in [-0.2, 0) is 0 Å². The molecule has 0 unspecified atom stereocenters. The molecule has 0 aromatic heterocycles. The number of nitrogens with zero attached hydrogens (tertiary/aromatic N) is 1. The molecule has 0 amide bonds. The summed E-state index contributed by atoms with van der Waals surface area (Å²) in [5.74, 6) is 0. The smallest absolute Gasteiger partial charge is 0.0283 e. The minimum Gasteiger partial charge on any atom is -0.376 e. The lowest BCUT2D eigenvalue weighted by Crippen LogP contribution is -2.26. The van der Waals surface area contributed by atoms with Gasteiger partial charge in [-0.2, -0.15) is 0 Å². The maximum atomic E-state index is 3.93. The van der Waals surface area contributed by atoms with Crippen molar-refractivity contribution in [3.63, 3.8) is 0 Å². The zero-order chi connectivity index (χ0) is 12.6. The van der Waals surface area contributed by atoms with Gasteiger partial charge in [-0.15, -0.1) is 0 Å². The van der Waals surface area contributed by atoms with E-state index < -0.39 is 0 Å². The van der Waals surface area contributed by atoms with E-state index in [0.717, 1.165) is 11.6 Å². The minimum absolute atomic E-state index is 0.789. The topological polar surface area (TPSA) is 3.24 Å². The molecule has 0 aromatic carbocycles. The molecule has 0 spiro atoms. The number of allylic oxidation sites excluding steroid dienone is 4. The van der Waals surface area contributed by atoms with Crippen LogP contribution in [-0.4, -0.2) is 18.0 Å². The Morgan fingerprint density at radius 3 is 1.94 bits per heavy atom. The van der Waals surface area contributed by atoms with Crippen LogP contribution in [0.25, 0.3) is 0 Å². The van der Waals surface area contributed by atoms with Gasteiger partial charge in [0.05, 0.1) is 0 Å². The van der Waals surface area contributed by atoms with Gasteiger partial charge in [0.1, 0.15) is 0 Å². The molecule has 1 rings (SSSR count). The standard InChI is InChI=1S/C9H17N.C6H10/c1-8(2)10(3)9-6-4-5-7-9;1-4-5-6(2)3/h9H,1,4-7H2,2-3H3;4-5H,2H2,1,3H3/b;5-4-. The molecule has 0 atom stereocenters. The molecule has 0 N–H and O–H groups in total. The fraction of sp³-hybridized carbons (Fsp3) is 0.600. The van der Waals surface area contributed by atoms with Gasteiger partial charge in [-0.3, -0.25) is 0 Å². The molecule has 1 nitrogen and oxygen atoms in total. The van der Waals surface area contributed by atoms with Crippen molar-refractivity contribution >= 4 is 0 Å². The van der Waals surface area contributed by atoms with E-state index in [4.69, 9.17) is 0 Å². The van der Waals surface area contributed by atoms with E-state index in [0.29, 0.717) is 0 Å². The fourth-order valence-corrected chi connectivity index (χ4v) is 1.89. The van der Waals surface area contributed by atoms with Crippen molar-refractivity contribution in [1.29, 1.82) is 0 Å². The average molecular weight is 221 g/mol. The predicted octanol–water partition coefficient (Wildman–Crippen LogP) is 4.53. The third kappa shape index (κ3) is 6.49. The molecule has 0 radical (unpaired) electrons. The summed E-state index contributed by atoms with van der Waals surface area (Å²) in [7, 11) is 2.15. The van der Waals surface area contributed by atoms with E-state index in [9.17, 15) is 0 Å². The van der Waals surface area contributed by atoms with Crippen molar-refractivity contribution in [1.82, 2.24) is 4.90 Å². The van der Waals surface area contributed by atoms with Gasteiger partial charge in [-0.1, -0.05) is 43.7 Å². The zero-order valence-corrected chi connectivity index (χ0v) is 11.4. The van der Waals surface area contributed by atoms with Gasteiger partial charge >= 0.3 is 0 Å². The van der Waals surface area contributed by atoms with Gasteiger partial charge < -0.3 is 4.90 Å². The highest BCUT2D eigenvalue weighted by Gasteiger charge is 2.18. The largest absolute Gasteiger partial charge is 0.376 e. The van der Waals surface area contributed by atoms with E-state index >= 15 is 0 Å². The molecule has 0 aliphatic heterocycles. The van der Waals surface area contributed by atoms with E-state index in [1.807, 2.05) is 26.0 Å². The lowest BCUT2D eigenvalue weighted by atomic mass is 10.2. The van der Waals surface area contributed by atoms with E-state index in [1.165, 1.54) is 31.4 Å². The molecule has 1 saturated carbocycles. The van der Waals surface area contributed by atoms with Gasteiger partial charge in [-0.05, 0) is 33.6 Å². The van der Waals surface area contributed by atoms with Crippen molar-refractivity contribution in [3.8, 4) is 0 Å². The molecule has 0 bridgehead atoms. The van der Waals surface area contributed by atoms with Crippen LogP contribution in [0.15, 0.2) is 36.6 Å². The van der Waals surface area contributed by atoms with Crippen LogP contribution in [0.2, 0.25) is 0 Å². The van der Waals surface area contributed by atoms with E-state index in [1.54, 1.807) is 0 Å². The number of hydrogen-bond acceptors (Lipinski definition) is 1. The molecule has 1 heteroatoms. The Morgan fingerprint density at radius 2 is 1.69 bits per heavy atom. The molecule has 92 valence electrons. The normalized spacial score (nSPS) is 15.8. The second kappa shape index (κ2) is 8.20. The molecule has 0 aromatic rings. The van der Waals surface area contributed by atoms with Gasteiger partial charge in [-0.25, -0.2) is 0 Å². The molecule has 1 fully saturated rings. The van der Waals surface area contributed by atoms with Crippen molar-refractivity contribution < 1.29 is 0 Å². The van der Waals surface area contributed by atoms with Crippen LogP contribution >= 0.6 is 0 Å². The van der Waals surface area contributed by atoms with Crippen LogP contribution in [0, 0.1) is 0 Å².